The molecular weight excluding hydrogens is 464 g/mol. The first-order valence-corrected chi connectivity index (χ1v) is 13.8. The summed E-state index contributed by atoms with van der Waals surface area (Å²) in [6.45, 7) is 4.36. The third kappa shape index (κ3) is 6.61. The highest BCUT2D eigenvalue weighted by Crippen LogP contribution is 2.21. The van der Waals surface area contributed by atoms with Gasteiger partial charge in [0.15, 0.2) is 0 Å². The minimum absolute atomic E-state index is 0.0466. The Balaban J connectivity index is 1.18. The summed E-state index contributed by atoms with van der Waals surface area (Å²) in [4.78, 5) is 29.3. The van der Waals surface area contributed by atoms with E-state index in [4.69, 9.17) is 0 Å². The number of nitrogens with zero attached hydrogens (tertiary/aromatic N) is 3. The third-order valence-corrected chi connectivity index (χ3v) is 8.57. The van der Waals surface area contributed by atoms with Crippen LogP contribution in [0.15, 0.2) is 59.5 Å². The molecule has 0 bridgehead atoms. The number of carbonyl (C=O) groups is 2. The molecule has 188 valence electrons. The predicted octanol–water partition coefficient (Wildman–Crippen LogP) is 2.26. The van der Waals surface area contributed by atoms with Gasteiger partial charge in [0.1, 0.15) is 0 Å². The number of carbonyl (C=O) groups excluding carboxylic acids is 2. The summed E-state index contributed by atoms with van der Waals surface area (Å²) in [7, 11) is -3.47. The van der Waals surface area contributed by atoms with Gasteiger partial charge in [-0.15, -0.1) is 0 Å². The number of benzene rings is 2. The second-order valence-corrected chi connectivity index (χ2v) is 11.0. The van der Waals surface area contributed by atoms with Crippen molar-refractivity contribution in [3.8, 4) is 0 Å². The fourth-order valence-corrected chi connectivity index (χ4v) is 6.12. The molecule has 0 spiro atoms. The molecule has 2 saturated heterocycles. The highest BCUT2D eigenvalue weighted by molar-refractivity contribution is 7.89. The SMILES string of the molecule is O=C(Cc1ccc(S(=O)(=O)N2CCCCC2)cc1)NCCC(=O)N1CCN(c2ccccc2)CC1. The van der Waals surface area contributed by atoms with Crippen molar-refractivity contribution in [2.45, 2.75) is 37.0 Å². The molecule has 0 atom stereocenters. The zero-order valence-corrected chi connectivity index (χ0v) is 20.9. The molecule has 2 aromatic carbocycles. The van der Waals surface area contributed by atoms with Crippen LogP contribution in [0.5, 0.6) is 0 Å². The molecule has 4 rings (SSSR count). The molecular formula is C26H34N4O4S. The number of hydrogen-bond acceptors (Lipinski definition) is 5. The van der Waals surface area contributed by atoms with Crippen molar-refractivity contribution in [2.75, 3.05) is 50.7 Å². The normalized spacial score (nSPS) is 17.3. The topological polar surface area (TPSA) is 90.0 Å². The summed E-state index contributed by atoms with van der Waals surface area (Å²) in [6, 6.07) is 16.7. The third-order valence-electron chi connectivity index (χ3n) is 6.66. The number of piperidine rings is 1. The molecule has 0 aromatic heterocycles. The van der Waals surface area contributed by atoms with Crippen LogP contribution in [0.2, 0.25) is 0 Å². The average Bonchev–Trinajstić information content (AvgIpc) is 2.90. The monoisotopic (exact) mass is 498 g/mol. The van der Waals surface area contributed by atoms with Crippen LogP contribution in [0.4, 0.5) is 5.69 Å². The number of amides is 2. The number of anilines is 1. The number of nitrogens with one attached hydrogen (secondary N) is 1. The molecule has 2 aliphatic rings. The fourth-order valence-electron chi connectivity index (χ4n) is 4.60. The van der Waals surface area contributed by atoms with Gasteiger partial charge in [0.05, 0.1) is 11.3 Å². The van der Waals surface area contributed by atoms with Crippen LogP contribution in [0.25, 0.3) is 0 Å². The summed E-state index contributed by atoms with van der Waals surface area (Å²) in [6.07, 6.45) is 3.27. The van der Waals surface area contributed by atoms with Gasteiger partial charge in [-0.05, 0) is 42.7 Å². The molecule has 0 saturated carbocycles. The van der Waals surface area contributed by atoms with Gasteiger partial charge in [-0.2, -0.15) is 4.31 Å². The van der Waals surface area contributed by atoms with Crippen LogP contribution in [0.3, 0.4) is 0 Å². The molecule has 8 nitrogen and oxygen atoms in total. The lowest BCUT2D eigenvalue weighted by molar-refractivity contribution is -0.131. The van der Waals surface area contributed by atoms with E-state index >= 15 is 0 Å². The first kappa shape index (κ1) is 25.2. The zero-order valence-electron chi connectivity index (χ0n) is 20.1. The number of piperazine rings is 1. The molecule has 35 heavy (non-hydrogen) atoms. The van der Waals surface area contributed by atoms with Crippen LogP contribution in [-0.4, -0.2) is 75.3 Å². The number of rotatable bonds is 8. The highest BCUT2D eigenvalue weighted by atomic mass is 32.2. The molecule has 2 aliphatic heterocycles. The molecule has 1 N–H and O–H groups in total. The maximum absolute atomic E-state index is 12.8. The van der Waals surface area contributed by atoms with Crippen LogP contribution in [0, 0.1) is 0 Å². The summed E-state index contributed by atoms with van der Waals surface area (Å²) < 4.78 is 27.0. The molecule has 2 aromatic rings. The van der Waals surface area contributed by atoms with E-state index < -0.39 is 10.0 Å². The van der Waals surface area contributed by atoms with Crippen molar-refractivity contribution >= 4 is 27.5 Å². The van der Waals surface area contributed by atoms with Crippen LogP contribution in [0.1, 0.15) is 31.2 Å². The quantitative estimate of drug-likeness (QED) is 0.603. The van der Waals surface area contributed by atoms with E-state index in [9.17, 15) is 18.0 Å². The molecule has 2 heterocycles. The first-order chi connectivity index (χ1) is 16.9. The Bertz CT molecular complexity index is 1090. The van der Waals surface area contributed by atoms with E-state index in [2.05, 4.69) is 22.3 Å². The van der Waals surface area contributed by atoms with Crippen molar-refractivity contribution in [3.63, 3.8) is 0 Å². The van der Waals surface area contributed by atoms with Gasteiger partial charge < -0.3 is 15.1 Å². The number of sulfonamides is 1. The summed E-state index contributed by atoms with van der Waals surface area (Å²) in [5, 5.41) is 2.81. The van der Waals surface area contributed by atoms with Gasteiger partial charge in [-0.1, -0.05) is 36.8 Å². The van der Waals surface area contributed by atoms with Crippen LogP contribution in [-0.2, 0) is 26.0 Å². The van der Waals surface area contributed by atoms with E-state index in [0.717, 1.165) is 37.9 Å². The summed E-state index contributed by atoms with van der Waals surface area (Å²) in [5.74, 6) is -0.136. The Hall–Kier alpha value is -2.91. The Morgan fingerprint density at radius 3 is 2.11 bits per heavy atom. The minimum atomic E-state index is -3.47. The smallest absolute Gasteiger partial charge is 0.243 e. The molecule has 9 heteroatoms. The van der Waals surface area contributed by atoms with E-state index in [1.165, 1.54) is 9.99 Å². The fraction of sp³-hybridized carbons (Fsp3) is 0.462. The van der Waals surface area contributed by atoms with Crippen molar-refractivity contribution < 1.29 is 18.0 Å². The van der Waals surface area contributed by atoms with Crippen molar-refractivity contribution in [1.29, 1.82) is 0 Å². The number of hydrogen-bond donors (Lipinski definition) is 1. The van der Waals surface area contributed by atoms with Gasteiger partial charge in [0.25, 0.3) is 0 Å². The molecule has 0 aliphatic carbocycles. The Morgan fingerprint density at radius 1 is 0.800 bits per heavy atom. The van der Waals surface area contributed by atoms with Gasteiger partial charge >= 0.3 is 0 Å². The van der Waals surface area contributed by atoms with Gasteiger partial charge in [-0.3, -0.25) is 9.59 Å². The molecule has 2 amide bonds. The van der Waals surface area contributed by atoms with E-state index in [1.807, 2.05) is 23.1 Å². The highest BCUT2D eigenvalue weighted by Gasteiger charge is 2.26. The molecule has 2 fully saturated rings. The largest absolute Gasteiger partial charge is 0.368 e. The van der Waals surface area contributed by atoms with E-state index in [1.54, 1.807) is 24.3 Å². The Morgan fingerprint density at radius 2 is 1.46 bits per heavy atom. The minimum Gasteiger partial charge on any atom is -0.368 e. The Labute approximate surface area is 207 Å². The number of para-hydroxylation sites is 1. The molecule has 0 radical (unpaired) electrons. The van der Waals surface area contributed by atoms with E-state index in [0.29, 0.717) is 26.2 Å². The van der Waals surface area contributed by atoms with Crippen molar-refractivity contribution in [3.05, 3.63) is 60.2 Å². The van der Waals surface area contributed by atoms with E-state index in [-0.39, 0.29) is 36.1 Å². The molecule has 0 unspecified atom stereocenters. The standard InChI is InChI=1S/C26H34N4O4S/c31-25(21-22-9-11-24(12-10-22)35(33,34)30-15-5-2-6-16-30)27-14-13-26(32)29-19-17-28(18-20-29)23-7-3-1-4-8-23/h1,3-4,7-12H,2,5-6,13-21H2,(H,27,31). The maximum atomic E-state index is 12.8. The van der Waals surface area contributed by atoms with Crippen molar-refractivity contribution in [2.24, 2.45) is 0 Å². The lowest BCUT2D eigenvalue weighted by Crippen LogP contribution is -2.49. The zero-order chi connectivity index (χ0) is 24.7. The Kier molecular flexibility index (Phi) is 8.41. The van der Waals surface area contributed by atoms with Gasteiger partial charge in [0.2, 0.25) is 21.8 Å². The average molecular weight is 499 g/mol. The predicted molar refractivity (Wildman–Crippen MR) is 136 cm³/mol. The van der Waals surface area contributed by atoms with Gasteiger partial charge in [-0.25, -0.2) is 8.42 Å². The van der Waals surface area contributed by atoms with Crippen LogP contribution >= 0.6 is 0 Å². The first-order valence-electron chi connectivity index (χ1n) is 12.4. The lowest BCUT2D eigenvalue weighted by atomic mass is 10.1. The van der Waals surface area contributed by atoms with Gasteiger partial charge in [0, 0.05) is 57.9 Å². The summed E-state index contributed by atoms with van der Waals surface area (Å²) in [5.41, 5.74) is 1.91. The lowest BCUT2D eigenvalue weighted by Gasteiger charge is -2.36. The maximum Gasteiger partial charge on any atom is 0.243 e. The summed E-state index contributed by atoms with van der Waals surface area (Å²) >= 11 is 0. The van der Waals surface area contributed by atoms with Crippen LogP contribution < -0.4 is 10.2 Å². The second-order valence-electron chi connectivity index (χ2n) is 9.09. The van der Waals surface area contributed by atoms with Crippen molar-refractivity contribution in [1.82, 2.24) is 14.5 Å². The second kappa shape index (κ2) is 11.7.